The third-order valence-electron chi connectivity index (χ3n) is 7.15. The highest BCUT2D eigenvalue weighted by Gasteiger charge is 2.40. The molecule has 0 bridgehead atoms. The van der Waals surface area contributed by atoms with Gasteiger partial charge in [0, 0.05) is 30.1 Å². The number of carboxylic acids is 1. The fraction of sp³-hybridized carbons (Fsp3) is 0.286. The molecule has 2 heterocycles. The van der Waals surface area contributed by atoms with Crippen molar-refractivity contribution in [1.29, 1.82) is 0 Å². The molecular weight excluding hydrogens is 459 g/mol. The number of nitrogens with one attached hydrogen (secondary N) is 1. The molecule has 4 aromatic rings. The zero-order chi connectivity index (χ0) is 25.3. The quantitative estimate of drug-likeness (QED) is 0.351. The van der Waals surface area contributed by atoms with Crippen LogP contribution in [-0.4, -0.2) is 31.7 Å². The molecule has 1 aliphatic rings. The van der Waals surface area contributed by atoms with E-state index in [0.29, 0.717) is 41.4 Å². The first-order valence-corrected chi connectivity index (χ1v) is 12.1. The highest BCUT2D eigenvalue weighted by atomic mass is 19.1. The third-order valence-corrected chi connectivity index (χ3v) is 7.15. The third kappa shape index (κ3) is 4.46. The zero-order valence-electron chi connectivity index (χ0n) is 20.0. The highest BCUT2D eigenvalue weighted by molar-refractivity contribution is 6.00. The lowest BCUT2D eigenvalue weighted by molar-refractivity contribution is -0.131. The Hall–Kier alpha value is -4.07. The normalized spacial score (nSPS) is 15.5. The van der Waals surface area contributed by atoms with Crippen molar-refractivity contribution in [3.05, 3.63) is 71.9 Å². The molecule has 2 aromatic heterocycles. The van der Waals surface area contributed by atoms with Gasteiger partial charge in [0.1, 0.15) is 5.52 Å². The van der Waals surface area contributed by atoms with Gasteiger partial charge in [0.15, 0.2) is 5.82 Å². The molecule has 184 valence electrons. The number of pyridine rings is 1. The molecule has 0 unspecified atom stereocenters. The van der Waals surface area contributed by atoms with E-state index in [1.807, 2.05) is 24.3 Å². The van der Waals surface area contributed by atoms with Crippen molar-refractivity contribution in [3.8, 4) is 0 Å². The number of carbonyl (C=O) groups is 2. The van der Waals surface area contributed by atoms with E-state index in [1.54, 1.807) is 30.2 Å². The lowest BCUT2D eigenvalue weighted by Crippen LogP contribution is -2.40. The Morgan fingerprint density at radius 1 is 1.14 bits per heavy atom. The maximum absolute atomic E-state index is 15.8. The van der Waals surface area contributed by atoms with Crippen LogP contribution in [0.2, 0.25) is 0 Å². The number of amides is 1. The van der Waals surface area contributed by atoms with Crippen molar-refractivity contribution in [3.63, 3.8) is 0 Å². The molecule has 0 aliphatic heterocycles. The molecule has 8 heteroatoms. The Morgan fingerprint density at radius 3 is 2.72 bits per heavy atom. The number of carbonyl (C=O) groups excluding carboxylic acids is 1. The van der Waals surface area contributed by atoms with Crippen molar-refractivity contribution in [2.75, 3.05) is 5.32 Å². The fourth-order valence-corrected chi connectivity index (χ4v) is 5.40. The Balaban J connectivity index is 1.51. The zero-order valence-corrected chi connectivity index (χ0v) is 20.0. The van der Waals surface area contributed by atoms with Crippen LogP contribution in [0.5, 0.6) is 0 Å². The molecule has 0 atom stereocenters. The van der Waals surface area contributed by atoms with Gasteiger partial charge >= 0.3 is 5.97 Å². The minimum Gasteiger partial charge on any atom is -0.478 e. The van der Waals surface area contributed by atoms with Gasteiger partial charge in [-0.2, -0.15) is 5.10 Å². The van der Waals surface area contributed by atoms with Crippen molar-refractivity contribution in [2.24, 2.45) is 12.5 Å². The van der Waals surface area contributed by atoms with E-state index in [1.165, 1.54) is 12.3 Å². The average Bonchev–Trinajstić information content (AvgIpc) is 3.24. The van der Waals surface area contributed by atoms with Crippen LogP contribution in [0.25, 0.3) is 27.8 Å². The van der Waals surface area contributed by atoms with E-state index in [0.717, 1.165) is 41.7 Å². The first-order chi connectivity index (χ1) is 17.4. The predicted octanol–water partition coefficient (Wildman–Crippen LogP) is 5.49. The van der Waals surface area contributed by atoms with E-state index in [-0.39, 0.29) is 11.7 Å². The van der Waals surface area contributed by atoms with Crippen LogP contribution < -0.4 is 5.32 Å². The van der Waals surface area contributed by atoms with E-state index in [2.05, 4.69) is 15.4 Å². The van der Waals surface area contributed by atoms with E-state index < -0.39 is 11.4 Å². The predicted molar refractivity (Wildman–Crippen MR) is 137 cm³/mol. The second kappa shape index (κ2) is 9.53. The van der Waals surface area contributed by atoms with Gasteiger partial charge in [-0.15, -0.1) is 0 Å². The first kappa shape index (κ1) is 23.7. The Morgan fingerprint density at radius 2 is 1.94 bits per heavy atom. The Kier molecular flexibility index (Phi) is 6.26. The number of benzene rings is 2. The van der Waals surface area contributed by atoms with Crippen molar-refractivity contribution < 1.29 is 19.1 Å². The molecule has 7 nitrogen and oxygen atoms in total. The number of rotatable bonds is 6. The summed E-state index contributed by atoms with van der Waals surface area (Å²) in [4.78, 5) is 28.7. The standard InChI is InChI=1S/C28H27FN4O3/c1-33-26-21(16-31-33)13-19-6-5-7-20(24(19)25(26)29)14-28(10-3-2-4-11-28)27(36)32-22-12-18(15-30-17-22)8-9-23(34)35/h5-9,12-13,15-17H,2-4,10-11,14H2,1H3,(H,32,36)(H,34,35)/b9-8+. The summed E-state index contributed by atoms with van der Waals surface area (Å²) >= 11 is 0. The van der Waals surface area contributed by atoms with E-state index in [9.17, 15) is 9.59 Å². The van der Waals surface area contributed by atoms with Crippen LogP contribution in [0, 0.1) is 11.2 Å². The molecule has 2 N–H and O–H groups in total. The number of anilines is 1. The maximum Gasteiger partial charge on any atom is 0.328 e. The smallest absolute Gasteiger partial charge is 0.328 e. The molecule has 0 saturated heterocycles. The van der Waals surface area contributed by atoms with Gasteiger partial charge in [-0.1, -0.05) is 37.5 Å². The largest absolute Gasteiger partial charge is 0.478 e. The molecule has 1 saturated carbocycles. The average molecular weight is 487 g/mol. The number of fused-ring (bicyclic) bond motifs is 2. The summed E-state index contributed by atoms with van der Waals surface area (Å²) in [5.41, 5.74) is 1.64. The SMILES string of the molecule is Cn1ncc2cc3cccc(CC4(C(=O)Nc5cncc(/C=C/C(=O)O)c5)CCCCC4)c3c(F)c21. The van der Waals surface area contributed by atoms with Crippen LogP contribution in [0.15, 0.2) is 55.0 Å². The van der Waals surface area contributed by atoms with Gasteiger partial charge in [-0.25, -0.2) is 9.18 Å². The number of aromatic nitrogens is 3. The van der Waals surface area contributed by atoms with Gasteiger partial charge in [0.25, 0.3) is 0 Å². The van der Waals surface area contributed by atoms with Crippen molar-refractivity contribution in [2.45, 2.75) is 38.5 Å². The fourth-order valence-electron chi connectivity index (χ4n) is 5.40. The maximum atomic E-state index is 15.8. The van der Waals surface area contributed by atoms with Crippen LogP contribution in [-0.2, 0) is 23.1 Å². The number of halogens is 1. The van der Waals surface area contributed by atoms with Crippen LogP contribution in [0.3, 0.4) is 0 Å². The minimum atomic E-state index is -1.06. The molecule has 0 spiro atoms. The monoisotopic (exact) mass is 486 g/mol. The van der Waals surface area contributed by atoms with Gasteiger partial charge < -0.3 is 10.4 Å². The van der Waals surface area contributed by atoms with Crippen LogP contribution in [0.4, 0.5) is 10.1 Å². The van der Waals surface area contributed by atoms with Crippen molar-refractivity contribution in [1.82, 2.24) is 14.8 Å². The molecular formula is C28H27FN4O3. The van der Waals surface area contributed by atoms with E-state index in [4.69, 9.17) is 5.11 Å². The number of carboxylic acid groups (broad SMARTS) is 1. The molecule has 36 heavy (non-hydrogen) atoms. The van der Waals surface area contributed by atoms with Crippen LogP contribution >= 0.6 is 0 Å². The number of aliphatic carboxylic acids is 1. The topological polar surface area (TPSA) is 97.1 Å². The summed E-state index contributed by atoms with van der Waals surface area (Å²) in [5.74, 6) is -1.50. The second-order valence-electron chi connectivity index (χ2n) is 9.56. The molecule has 0 radical (unpaired) electrons. The van der Waals surface area contributed by atoms with E-state index >= 15 is 4.39 Å². The van der Waals surface area contributed by atoms with Gasteiger partial charge in [-0.05, 0) is 54.0 Å². The number of nitrogens with zero attached hydrogens (tertiary/aromatic N) is 3. The lowest BCUT2D eigenvalue weighted by atomic mass is 9.69. The Bertz CT molecular complexity index is 1500. The summed E-state index contributed by atoms with van der Waals surface area (Å²) in [7, 11) is 1.73. The first-order valence-electron chi connectivity index (χ1n) is 12.1. The summed E-state index contributed by atoms with van der Waals surface area (Å²) in [6.07, 6.45) is 11.9. The number of hydrogen-bond acceptors (Lipinski definition) is 4. The van der Waals surface area contributed by atoms with Gasteiger partial charge in [-0.3, -0.25) is 14.5 Å². The van der Waals surface area contributed by atoms with Crippen molar-refractivity contribution >= 4 is 45.3 Å². The summed E-state index contributed by atoms with van der Waals surface area (Å²) < 4.78 is 17.3. The summed E-state index contributed by atoms with van der Waals surface area (Å²) in [6.45, 7) is 0. The summed E-state index contributed by atoms with van der Waals surface area (Å²) in [5, 5.41) is 18.2. The minimum absolute atomic E-state index is 0.123. The molecule has 2 aromatic carbocycles. The van der Waals surface area contributed by atoms with Crippen LogP contribution in [0.1, 0.15) is 43.2 Å². The number of aryl methyl sites for hydroxylation is 1. The second-order valence-corrected chi connectivity index (χ2v) is 9.56. The molecule has 5 rings (SSSR count). The van der Waals surface area contributed by atoms with Gasteiger partial charge in [0.2, 0.25) is 5.91 Å². The van der Waals surface area contributed by atoms with Gasteiger partial charge in [0.05, 0.1) is 23.5 Å². The molecule has 1 amide bonds. The molecule has 1 aliphatic carbocycles. The lowest BCUT2D eigenvalue weighted by Gasteiger charge is -2.36. The molecule has 1 fully saturated rings. The highest BCUT2D eigenvalue weighted by Crippen LogP contribution is 2.42. The Labute approximate surface area is 207 Å². The number of hydrogen-bond donors (Lipinski definition) is 2. The summed E-state index contributed by atoms with van der Waals surface area (Å²) in [6, 6.07) is 9.35.